The quantitative estimate of drug-likeness (QED) is 0.634. The average molecular weight is 359 g/mol. The van der Waals surface area contributed by atoms with Crippen LogP contribution in [0.2, 0.25) is 0 Å². The Morgan fingerprint density at radius 2 is 1.95 bits per heavy atom. The van der Waals surface area contributed by atoms with Gasteiger partial charge < -0.3 is 10.4 Å². The highest BCUT2D eigenvalue weighted by atomic mass is 79.9. The lowest BCUT2D eigenvalue weighted by atomic mass is 9.86. The average Bonchev–Trinajstić information content (AvgIpc) is 2.33. The molecule has 1 aromatic rings. The van der Waals surface area contributed by atoms with Crippen LogP contribution in [-0.2, 0) is 4.79 Å². The van der Waals surface area contributed by atoms with Gasteiger partial charge in [-0.1, -0.05) is 26.8 Å². The number of nitrogens with zero attached hydrogens (tertiary/aromatic N) is 1. The molecular weight excluding hydrogens is 344 g/mol. The van der Waals surface area contributed by atoms with Crippen LogP contribution in [0.15, 0.2) is 22.7 Å². The number of carboxylic acids is 1. The van der Waals surface area contributed by atoms with Crippen molar-refractivity contribution in [2.45, 2.75) is 26.8 Å². The third kappa shape index (κ3) is 4.01. The molecule has 0 radical (unpaired) electrons. The maximum absolute atomic E-state index is 12.2. The van der Waals surface area contributed by atoms with Crippen molar-refractivity contribution in [2.75, 3.05) is 0 Å². The van der Waals surface area contributed by atoms with E-state index in [0.717, 1.165) is 0 Å². The van der Waals surface area contributed by atoms with Gasteiger partial charge in [0, 0.05) is 6.07 Å². The van der Waals surface area contributed by atoms with Gasteiger partial charge in [-0.05, 0) is 27.4 Å². The second-order valence-corrected chi connectivity index (χ2v) is 6.30. The van der Waals surface area contributed by atoms with Gasteiger partial charge in [0.25, 0.3) is 11.6 Å². The minimum Gasteiger partial charge on any atom is -0.480 e. The van der Waals surface area contributed by atoms with Gasteiger partial charge in [-0.2, -0.15) is 0 Å². The molecule has 0 fully saturated rings. The number of benzene rings is 1. The third-order valence-corrected chi connectivity index (χ3v) is 3.64. The summed E-state index contributed by atoms with van der Waals surface area (Å²) in [6.07, 6.45) is 0. The minimum absolute atomic E-state index is 0.0136. The molecule has 114 valence electrons. The van der Waals surface area contributed by atoms with Crippen molar-refractivity contribution in [3.63, 3.8) is 0 Å². The van der Waals surface area contributed by atoms with Crippen LogP contribution >= 0.6 is 15.9 Å². The number of nitrogens with one attached hydrogen (secondary N) is 1. The van der Waals surface area contributed by atoms with E-state index < -0.39 is 28.3 Å². The van der Waals surface area contributed by atoms with E-state index in [9.17, 15) is 24.8 Å². The number of hydrogen-bond acceptors (Lipinski definition) is 4. The first-order valence-corrected chi connectivity index (χ1v) is 6.81. The molecule has 0 aliphatic heterocycles. The van der Waals surface area contributed by atoms with Gasteiger partial charge in [0.05, 0.1) is 10.5 Å². The number of carboxylic acid groups (broad SMARTS) is 1. The molecule has 1 atom stereocenters. The molecule has 0 unspecified atom stereocenters. The molecule has 0 aromatic heterocycles. The second kappa shape index (κ2) is 6.21. The summed E-state index contributed by atoms with van der Waals surface area (Å²) in [5.74, 6) is -1.86. The Hall–Kier alpha value is -1.96. The zero-order valence-corrected chi connectivity index (χ0v) is 13.3. The van der Waals surface area contributed by atoms with Gasteiger partial charge in [0.15, 0.2) is 0 Å². The lowest BCUT2D eigenvalue weighted by molar-refractivity contribution is -0.385. The van der Waals surface area contributed by atoms with Crippen molar-refractivity contribution in [1.82, 2.24) is 5.32 Å². The number of hydrogen-bond donors (Lipinski definition) is 2. The van der Waals surface area contributed by atoms with Gasteiger partial charge in [-0.3, -0.25) is 14.9 Å². The van der Waals surface area contributed by atoms with Gasteiger partial charge in [0.1, 0.15) is 10.5 Å². The van der Waals surface area contributed by atoms with E-state index in [1.165, 1.54) is 18.2 Å². The topological polar surface area (TPSA) is 110 Å². The SMILES string of the molecule is CC(C)(C)[C@H](NC(=O)c1cccc([N+](=O)[O-])c1Br)C(=O)O. The number of aliphatic carboxylic acids is 1. The van der Waals surface area contributed by atoms with Crippen molar-refractivity contribution < 1.29 is 19.6 Å². The maximum atomic E-state index is 12.2. The molecule has 21 heavy (non-hydrogen) atoms. The molecule has 0 saturated carbocycles. The van der Waals surface area contributed by atoms with Crippen molar-refractivity contribution in [2.24, 2.45) is 5.41 Å². The molecule has 1 amide bonds. The van der Waals surface area contributed by atoms with Gasteiger partial charge in [-0.15, -0.1) is 0 Å². The fourth-order valence-corrected chi connectivity index (χ4v) is 2.28. The van der Waals surface area contributed by atoms with Crippen LogP contribution in [0.5, 0.6) is 0 Å². The monoisotopic (exact) mass is 358 g/mol. The lowest BCUT2D eigenvalue weighted by Gasteiger charge is -2.27. The molecular formula is C13H15BrN2O5. The van der Waals surface area contributed by atoms with Gasteiger partial charge in [0.2, 0.25) is 0 Å². The number of nitro groups is 1. The molecule has 0 aliphatic rings. The van der Waals surface area contributed by atoms with Crippen LogP contribution in [0.4, 0.5) is 5.69 Å². The van der Waals surface area contributed by atoms with E-state index in [4.69, 9.17) is 0 Å². The summed E-state index contributed by atoms with van der Waals surface area (Å²) in [6.45, 7) is 5.03. The summed E-state index contributed by atoms with van der Waals surface area (Å²) < 4.78 is 0.0190. The largest absolute Gasteiger partial charge is 0.480 e. The first-order valence-electron chi connectivity index (χ1n) is 6.02. The second-order valence-electron chi connectivity index (χ2n) is 5.51. The Labute approximate surface area is 129 Å². The summed E-state index contributed by atoms with van der Waals surface area (Å²) in [4.78, 5) is 33.6. The zero-order valence-electron chi connectivity index (χ0n) is 11.7. The predicted molar refractivity (Wildman–Crippen MR) is 79.1 cm³/mol. The highest BCUT2D eigenvalue weighted by molar-refractivity contribution is 9.10. The molecule has 0 spiro atoms. The van der Waals surface area contributed by atoms with Crippen LogP contribution in [0.1, 0.15) is 31.1 Å². The van der Waals surface area contributed by atoms with Crippen LogP contribution < -0.4 is 5.32 Å². The fraction of sp³-hybridized carbons (Fsp3) is 0.385. The lowest BCUT2D eigenvalue weighted by Crippen LogP contribution is -2.49. The number of nitro benzene ring substituents is 1. The Kier molecular flexibility index (Phi) is 5.06. The van der Waals surface area contributed by atoms with Crippen molar-refractivity contribution in [3.05, 3.63) is 38.3 Å². The van der Waals surface area contributed by atoms with Crippen molar-refractivity contribution in [1.29, 1.82) is 0 Å². The van der Waals surface area contributed by atoms with Crippen LogP contribution in [0.25, 0.3) is 0 Å². The molecule has 0 saturated heterocycles. The molecule has 1 aromatic carbocycles. The van der Waals surface area contributed by atoms with E-state index in [1.54, 1.807) is 20.8 Å². The zero-order chi connectivity index (χ0) is 16.4. The molecule has 8 heteroatoms. The standard InChI is InChI=1S/C13H15BrN2O5/c1-13(2,3)10(12(18)19)15-11(17)7-5-4-6-8(9(7)14)16(20)21/h4-6,10H,1-3H3,(H,15,17)(H,18,19)/t10-/m1/s1. The fourth-order valence-electron chi connectivity index (χ4n) is 1.69. The first kappa shape index (κ1) is 17.1. The van der Waals surface area contributed by atoms with E-state index in [0.29, 0.717) is 0 Å². The highest BCUT2D eigenvalue weighted by Gasteiger charge is 2.33. The Morgan fingerprint density at radius 3 is 2.38 bits per heavy atom. The normalized spacial score (nSPS) is 12.6. The molecule has 7 nitrogen and oxygen atoms in total. The maximum Gasteiger partial charge on any atom is 0.326 e. The van der Waals surface area contributed by atoms with E-state index in [-0.39, 0.29) is 15.7 Å². The molecule has 1 rings (SSSR count). The van der Waals surface area contributed by atoms with Crippen LogP contribution in [0.3, 0.4) is 0 Å². The van der Waals surface area contributed by atoms with E-state index in [2.05, 4.69) is 21.2 Å². The molecule has 0 heterocycles. The smallest absolute Gasteiger partial charge is 0.326 e. The Balaban J connectivity index is 3.13. The van der Waals surface area contributed by atoms with Gasteiger partial charge >= 0.3 is 5.97 Å². The Bertz CT molecular complexity index is 595. The summed E-state index contributed by atoms with van der Waals surface area (Å²) in [5.41, 5.74) is -0.945. The van der Waals surface area contributed by atoms with Crippen LogP contribution in [0, 0.1) is 15.5 Å². The number of amides is 1. The van der Waals surface area contributed by atoms with Crippen LogP contribution in [-0.4, -0.2) is 27.9 Å². The third-order valence-electron chi connectivity index (χ3n) is 2.81. The molecule has 0 bridgehead atoms. The molecule has 2 N–H and O–H groups in total. The van der Waals surface area contributed by atoms with Crippen molar-refractivity contribution >= 4 is 33.5 Å². The van der Waals surface area contributed by atoms with Crippen molar-refractivity contribution in [3.8, 4) is 0 Å². The minimum atomic E-state index is -1.17. The Morgan fingerprint density at radius 1 is 1.38 bits per heavy atom. The molecule has 0 aliphatic carbocycles. The van der Waals surface area contributed by atoms with E-state index >= 15 is 0 Å². The summed E-state index contributed by atoms with van der Waals surface area (Å²) in [6, 6.07) is 2.88. The predicted octanol–water partition coefficient (Wildman–Crippen LogP) is 2.59. The highest BCUT2D eigenvalue weighted by Crippen LogP contribution is 2.29. The number of rotatable bonds is 4. The number of halogens is 1. The van der Waals surface area contributed by atoms with Gasteiger partial charge in [-0.25, -0.2) is 4.79 Å². The number of carbonyl (C=O) groups excluding carboxylic acids is 1. The summed E-state index contributed by atoms with van der Waals surface area (Å²) >= 11 is 3.01. The van der Waals surface area contributed by atoms with E-state index in [1.807, 2.05) is 0 Å². The summed E-state index contributed by atoms with van der Waals surface area (Å²) in [5, 5.41) is 22.4. The number of carbonyl (C=O) groups is 2. The summed E-state index contributed by atoms with van der Waals surface area (Å²) in [7, 11) is 0. The first-order chi connectivity index (χ1) is 9.55.